The summed E-state index contributed by atoms with van der Waals surface area (Å²) in [5.74, 6) is 0.447. The molecule has 0 fully saturated rings. The average Bonchev–Trinajstić information content (AvgIpc) is 2.68. The summed E-state index contributed by atoms with van der Waals surface area (Å²) >= 11 is 0. The molecule has 1 amide bonds. The molecule has 0 saturated heterocycles. The number of hydrogen-bond donors (Lipinski definition) is 0. The van der Waals surface area contributed by atoms with E-state index in [1.54, 1.807) is 4.90 Å². The Labute approximate surface area is 107 Å². The third-order valence-corrected chi connectivity index (χ3v) is 3.80. The van der Waals surface area contributed by atoms with Crippen LogP contribution in [0.3, 0.4) is 0 Å². The number of amides is 1. The molecule has 0 aliphatic carbocycles. The first-order chi connectivity index (χ1) is 8.61. The van der Waals surface area contributed by atoms with Gasteiger partial charge in [0.05, 0.1) is 5.52 Å². The number of para-hydroxylation sites is 1. The lowest BCUT2D eigenvalue weighted by Crippen LogP contribution is -2.38. The number of benzene rings is 1. The Balaban J connectivity index is 2.40. The number of nitrogens with zero attached hydrogens (tertiary/aromatic N) is 2. The Morgan fingerprint density at radius 2 is 1.94 bits per heavy atom. The predicted octanol–water partition coefficient (Wildman–Crippen LogP) is 3.22. The lowest BCUT2D eigenvalue weighted by Gasteiger charge is -2.26. The molecule has 94 valence electrons. The number of carbonyl (C=O) groups is 1. The molecular weight excluding hydrogens is 224 g/mol. The summed E-state index contributed by atoms with van der Waals surface area (Å²) in [6.07, 6.45) is 0.949. The van der Waals surface area contributed by atoms with Crippen LogP contribution in [0.2, 0.25) is 0 Å². The lowest BCUT2D eigenvalue weighted by molar-refractivity contribution is 0.205. The molecule has 1 aromatic heterocycles. The second-order valence-corrected chi connectivity index (χ2v) is 5.32. The summed E-state index contributed by atoms with van der Waals surface area (Å²) < 4.78 is 1.90. The number of carbonyl (C=O) groups excluding carboxylic acids is 1. The summed E-state index contributed by atoms with van der Waals surface area (Å²) in [5.41, 5.74) is 3.59. The summed E-state index contributed by atoms with van der Waals surface area (Å²) in [5, 5.41) is 1.23. The van der Waals surface area contributed by atoms with Gasteiger partial charge < -0.3 is 4.90 Å². The van der Waals surface area contributed by atoms with E-state index >= 15 is 0 Å². The van der Waals surface area contributed by atoms with Crippen LogP contribution in [0.25, 0.3) is 10.9 Å². The zero-order valence-corrected chi connectivity index (χ0v) is 11.1. The van der Waals surface area contributed by atoms with Crippen molar-refractivity contribution in [2.45, 2.75) is 26.2 Å². The Morgan fingerprint density at radius 1 is 1.22 bits per heavy atom. The SMILES string of the molecule is CC(C)c1c2n(c3ccccc13)C(=O)N(C)CC2. The van der Waals surface area contributed by atoms with Crippen LogP contribution in [0, 0.1) is 0 Å². The van der Waals surface area contributed by atoms with E-state index in [0.29, 0.717) is 5.92 Å². The van der Waals surface area contributed by atoms with Crippen molar-refractivity contribution < 1.29 is 4.79 Å². The van der Waals surface area contributed by atoms with Crippen molar-refractivity contribution in [3.8, 4) is 0 Å². The largest absolute Gasteiger partial charge is 0.328 e. The van der Waals surface area contributed by atoms with Crippen molar-refractivity contribution in [3.63, 3.8) is 0 Å². The lowest BCUT2D eigenvalue weighted by atomic mass is 9.98. The fourth-order valence-corrected chi connectivity index (χ4v) is 2.97. The van der Waals surface area contributed by atoms with Crippen LogP contribution < -0.4 is 0 Å². The van der Waals surface area contributed by atoms with Gasteiger partial charge in [0.15, 0.2) is 0 Å². The van der Waals surface area contributed by atoms with Crippen LogP contribution in [0.4, 0.5) is 4.79 Å². The van der Waals surface area contributed by atoms with Crippen LogP contribution in [-0.4, -0.2) is 29.1 Å². The van der Waals surface area contributed by atoms with Crippen LogP contribution in [-0.2, 0) is 6.42 Å². The maximum Gasteiger partial charge on any atom is 0.328 e. The highest BCUT2D eigenvalue weighted by Crippen LogP contribution is 2.34. The summed E-state index contributed by atoms with van der Waals surface area (Å²) in [6, 6.07) is 8.32. The molecule has 3 heteroatoms. The second-order valence-electron chi connectivity index (χ2n) is 5.32. The molecule has 18 heavy (non-hydrogen) atoms. The third-order valence-electron chi connectivity index (χ3n) is 3.80. The highest BCUT2D eigenvalue weighted by molar-refractivity contribution is 5.96. The predicted molar refractivity (Wildman–Crippen MR) is 73.2 cm³/mol. The molecule has 3 rings (SSSR count). The molecule has 0 bridgehead atoms. The first-order valence-corrected chi connectivity index (χ1v) is 6.49. The maximum absolute atomic E-state index is 12.4. The van der Waals surface area contributed by atoms with Crippen molar-refractivity contribution in [3.05, 3.63) is 35.5 Å². The Bertz CT molecular complexity index is 625. The van der Waals surface area contributed by atoms with E-state index in [4.69, 9.17) is 0 Å². The smallest absolute Gasteiger partial charge is 0.327 e. The van der Waals surface area contributed by atoms with E-state index in [1.165, 1.54) is 16.6 Å². The summed E-state index contributed by atoms with van der Waals surface area (Å²) in [6.45, 7) is 5.21. The van der Waals surface area contributed by atoms with Gasteiger partial charge in [-0.3, -0.25) is 4.57 Å². The minimum absolute atomic E-state index is 0.0966. The van der Waals surface area contributed by atoms with Gasteiger partial charge in [-0.15, -0.1) is 0 Å². The summed E-state index contributed by atoms with van der Waals surface area (Å²) in [7, 11) is 1.87. The molecule has 0 atom stereocenters. The molecule has 0 unspecified atom stereocenters. The van der Waals surface area contributed by atoms with Gasteiger partial charge in [-0.25, -0.2) is 4.79 Å². The Hall–Kier alpha value is -1.77. The van der Waals surface area contributed by atoms with Gasteiger partial charge in [-0.2, -0.15) is 0 Å². The van der Waals surface area contributed by atoms with Crippen molar-refractivity contribution in [2.75, 3.05) is 13.6 Å². The molecule has 0 spiro atoms. The monoisotopic (exact) mass is 242 g/mol. The number of fused-ring (bicyclic) bond motifs is 3. The fourth-order valence-electron chi connectivity index (χ4n) is 2.97. The standard InChI is InChI=1S/C15H18N2O/c1-10(2)14-11-6-4-5-7-12(11)17-13(14)8-9-16(3)15(17)18/h4-7,10H,8-9H2,1-3H3. The fraction of sp³-hybridized carbons (Fsp3) is 0.400. The Morgan fingerprint density at radius 3 is 2.67 bits per heavy atom. The molecule has 0 saturated carbocycles. The van der Waals surface area contributed by atoms with E-state index in [9.17, 15) is 4.79 Å². The minimum Gasteiger partial charge on any atom is -0.327 e. The minimum atomic E-state index is 0.0966. The zero-order valence-electron chi connectivity index (χ0n) is 11.1. The van der Waals surface area contributed by atoms with E-state index in [1.807, 2.05) is 23.7 Å². The van der Waals surface area contributed by atoms with E-state index in [2.05, 4.69) is 26.0 Å². The molecule has 2 heterocycles. The number of aromatic nitrogens is 1. The van der Waals surface area contributed by atoms with Crippen molar-refractivity contribution in [1.82, 2.24) is 9.47 Å². The van der Waals surface area contributed by atoms with Gasteiger partial charge in [-0.05, 0) is 17.5 Å². The van der Waals surface area contributed by atoms with Crippen molar-refractivity contribution >= 4 is 16.9 Å². The molecule has 1 aliphatic heterocycles. The molecule has 3 nitrogen and oxygen atoms in total. The van der Waals surface area contributed by atoms with E-state index in [-0.39, 0.29) is 6.03 Å². The molecule has 1 aromatic carbocycles. The van der Waals surface area contributed by atoms with Gasteiger partial charge >= 0.3 is 6.03 Å². The summed E-state index contributed by atoms with van der Waals surface area (Å²) in [4.78, 5) is 14.2. The molecule has 0 N–H and O–H groups in total. The number of hydrogen-bond acceptors (Lipinski definition) is 1. The topological polar surface area (TPSA) is 25.2 Å². The molecule has 0 radical (unpaired) electrons. The number of rotatable bonds is 1. The van der Waals surface area contributed by atoms with E-state index in [0.717, 1.165) is 18.5 Å². The molecular formula is C15H18N2O. The van der Waals surface area contributed by atoms with Gasteiger partial charge in [0, 0.05) is 31.1 Å². The van der Waals surface area contributed by atoms with Crippen LogP contribution in [0.1, 0.15) is 31.0 Å². The number of likely N-dealkylation sites (N-methyl/N-ethyl adjacent to an activating group) is 1. The highest BCUT2D eigenvalue weighted by Gasteiger charge is 2.28. The van der Waals surface area contributed by atoms with Crippen LogP contribution in [0.15, 0.2) is 24.3 Å². The first-order valence-electron chi connectivity index (χ1n) is 6.49. The normalized spacial score (nSPS) is 15.6. The van der Waals surface area contributed by atoms with Gasteiger partial charge in [0.1, 0.15) is 0 Å². The van der Waals surface area contributed by atoms with Gasteiger partial charge in [0.2, 0.25) is 0 Å². The van der Waals surface area contributed by atoms with Gasteiger partial charge in [-0.1, -0.05) is 32.0 Å². The van der Waals surface area contributed by atoms with Gasteiger partial charge in [0.25, 0.3) is 0 Å². The Kier molecular flexibility index (Phi) is 2.44. The zero-order chi connectivity index (χ0) is 12.9. The molecule has 2 aromatic rings. The second kappa shape index (κ2) is 3.87. The average molecular weight is 242 g/mol. The first kappa shape index (κ1) is 11.3. The third kappa shape index (κ3) is 1.40. The van der Waals surface area contributed by atoms with Crippen LogP contribution in [0.5, 0.6) is 0 Å². The van der Waals surface area contributed by atoms with Crippen molar-refractivity contribution in [2.24, 2.45) is 0 Å². The highest BCUT2D eigenvalue weighted by atomic mass is 16.2. The maximum atomic E-state index is 12.4. The van der Waals surface area contributed by atoms with Crippen LogP contribution >= 0.6 is 0 Å². The van der Waals surface area contributed by atoms with E-state index < -0.39 is 0 Å². The quantitative estimate of drug-likeness (QED) is 0.753. The van der Waals surface area contributed by atoms with Crippen molar-refractivity contribution in [1.29, 1.82) is 0 Å². The molecule has 1 aliphatic rings.